The van der Waals surface area contributed by atoms with Gasteiger partial charge in [-0.25, -0.2) is 0 Å². The third kappa shape index (κ3) is 3.32. The largest absolute Gasteiger partial charge is 0.511 e. The summed E-state index contributed by atoms with van der Waals surface area (Å²) < 4.78 is 0. The normalized spacial score (nSPS) is 30.9. The zero-order chi connectivity index (χ0) is 25.4. The first-order valence-electron chi connectivity index (χ1n) is 11.7. The van der Waals surface area contributed by atoms with Crippen LogP contribution in [0.1, 0.15) is 54.1 Å². The molecule has 6 N–H and O–H groups in total. The van der Waals surface area contributed by atoms with Gasteiger partial charge in [0.25, 0.3) is 5.91 Å². The quantitative estimate of drug-likeness (QED) is 0.393. The molecule has 1 aliphatic heterocycles. The van der Waals surface area contributed by atoms with E-state index >= 15 is 0 Å². The van der Waals surface area contributed by atoms with Gasteiger partial charge in [0.15, 0.2) is 11.4 Å². The zero-order valence-corrected chi connectivity index (χ0v) is 19.9. The maximum atomic E-state index is 13.5. The number of hydrogen-bond acceptors (Lipinski definition) is 8. The van der Waals surface area contributed by atoms with Crippen LogP contribution in [0.5, 0.6) is 5.75 Å². The number of Topliss-reactive ketones (excluding diaryl/α,β-unsaturated/α-hetero) is 2. The van der Waals surface area contributed by atoms with Crippen LogP contribution in [-0.2, 0) is 22.6 Å². The molecule has 4 aliphatic rings. The van der Waals surface area contributed by atoms with Crippen molar-refractivity contribution in [1.82, 2.24) is 4.90 Å². The molecular weight excluding hydrogens is 476 g/mol. The molecule has 0 saturated carbocycles. The van der Waals surface area contributed by atoms with Crippen LogP contribution in [0.25, 0.3) is 0 Å². The number of fused-ring (bicyclic) bond motifs is 3. The molecule has 5 rings (SSSR count). The van der Waals surface area contributed by atoms with Crippen molar-refractivity contribution in [2.75, 3.05) is 6.54 Å². The van der Waals surface area contributed by atoms with Gasteiger partial charge in [0.1, 0.15) is 22.8 Å². The second-order valence-electron chi connectivity index (χ2n) is 10.1. The van der Waals surface area contributed by atoms with Gasteiger partial charge in [-0.2, -0.15) is 0 Å². The smallest absolute Gasteiger partial charge is 0.255 e. The summed E-state index contributed by atoms with van der Waals surface area (Å²) in [7, 11) is 0. The molecule has 1 heterocycles. The van der Waals surface area contributed by atoms with Crippen LogP contribution in [0.2, 0.25) is 5.02 Å². The lowest BCUT2D eigenvalue weighted by Crippen LogP contribution is -2.57. The molecule has 0 radical (unpaired) electrons. The van der Waals surface area contributed by atoms with Crippen molar-refractivity contribution in [1.29, 1.82) is 0 Å². The summed E-state index contributed by atoms with van der Waals surface area (Å²) in [5.74, 6) is -6.47. The number of nitrogens with zero attached hydrogens (tertiary/aromatic N) is 1. The minimum absolute atomic E-state index is 0.0650. The van der Waals surface area contributed by atoms with Crippen LogP contribution in [-0.4, -0.2) is 61.0 Å². The third-order valence-corrected chi connectivity index (χ3v) is 8.61. The summed E-state index contributed by atoms with van der Waals surface area (Å²) >= 11 is 6.75. The fraction of sp³-hybridized carbons (Fsp3) is 0.480. The van der Waals surface area contributed by atoms with E-state index in [1.807, 2.05) is 0 Å². The second-order valence-corrected chi connectivity index (χ2v) is 10.5. The maximum absolute atomic E-state index is 13.5. The van der Waals surface area contributed by atoms with Gasteiger partial charge in [-0.1, -0.05) is 11.6 Å². The number of aliphatic hydroxyl groups is 3. The van der Waals surface area contributed by atoms with Gasteiger partial charge in [0.05, 0.1) is 5.56 Å². The average Bonchev–Trinajstić information content (AvgIpc) is 3.18. The Balaban J connectivity index is 1.59. The van der Waals surface area contributed by atoms with Gasteiger partial charge < -0.3 is 26.2 Å². The predicted molar refractivity (Wildman–Crippen MR) is 125 cm³/mol. The van der Waals surface area contributed by atoms with Crippen molar-refractivity contribution < 1.29 is 34.8 Å². The molecular formula is C25H27ClN2O7. The topological polar surface area (TPSA) is 161 Å². The number of benzene rings is 1. The third-order valence-electron chi connectivity index (χ3n) is 8.13. The average molecular weight is 503 g/mol. The summed E-state index contributed by atoms with van der Waals surface area (Å²) in [5, 5.41) is 43.8. The maximum Gasteiger partial charge on any atom is 0.255 e. The number of likely N-dealkylation sites (tertiary alicyclic amines) is 1. The summed E-state index contributed by atoms with van der Waals surface area (Å²) in [5.41, 5.74) is 2.76. The lowest BCUT2D eigenvalue weighted by Gasteiger charge is -2.45. The molecule has 1 unspecified atom stereocenters. The first-order valence-corrected chi connectivity index (χ1v) is 12.1. The van der Waals surface area contributed by atoms with Gasteiger partial charge in [0.2, 0.25) is 5.78 Å². The Bertz CT molecular complexity index is 1250. The van der Waals surface area contributed by atoms with Gasteiger partial charge >= 0.3 is 0 Å². The highest BCUT2D eigenvalue weighted by Gasteiger charge is 2.59. The predicted octanol–water partition coefficient (Wildman–Crippen LogP) is 2.22. The molecule has 1 saturated heterocycles. The molecule has 35 heavy (non-hydrogen) atoms. The minimum atomic E-state index is -2.57. The number of aromatic hydroxyl groups is 1. The number of rotatable bonds is 3. The van der Waals surface area contributed by atoms with Crippen LogP contribution in [0.15, 0.2) is 28.7 Å². The molecule has 1 fully saturated rings. The van der Waals surface area contributed by atoms with Crippen molar-refractivity contribution >= 4 is 29.1 Å². The number of halogens is 1. The SMILES string of the molecule is CC1CCCN1Cc1cc(O)c2c(c1Cl)C[C@H]1C[C@H]3CC(O)=C(C(N)=O)C(=O)[C@@]3(O)C(O)=C1C2=O. The highest BCUT2D eigenvalue weighted by Crippen LogP contribution is 2.52. The molecule has 9 nitrogen and oxygen atoms in total. The van der Waals surface area contributed by atoms with Crippen molar-refractivity contribution in [2.24, 2.45) is 17.6 Å². The summed E-state index contributed by atoms with van der Waals surface area (Å²) in [6, 6.07) is 1.84. The van der Waals surface area contributed by atoms with Crippen molar-refractivity contribution in [3.05, 3.63) is 50.4 Å². The van der Waals surface area contributed by atoms with E-state index in [1.54, 1.807) is 0 Å². The van der Waals surface area contributed by atoms with E-state index < -0.39 is 52.0 Å². The van der Waals surface area contributed by atoms with Crippen molar-refractivity contribution in [3.63, 3.8) is 0 Å². The minimum Gasteiger partial charge on any atom is -0.511 e. The number of hydrogen-bond donors (Lipinski definition) is 5. The Morgan fingerprint density at radius 3 is 2.60 bits per heavy atom. The Morgan fingerprint density at radius 2 is 1.97 bits per heavy atom. The van der Waals surface area contributed by atoms with Crippen LogP contribution in [0.4, 0.5) is 0 Å². The molecule has 0 bridgehead atoms. The summed E-state index contributed by atoms with van der Waals surface area (Å²) in [4.78, 5) is 40.5. The van der Waals surface area contributed by atoms with E-state index in [0.717, 1.165) is 19.4 Å². The number of amides is 1. The highest BCUT2D eigenvalue weighted by molar-refractivity contribution is 6.33. The van der Waals surface area contributed by atoms with Crippen molar-refractivity contribution in [2.45, 2.75) is 57.2 Å². The lowest BCUT2D eigenvalue weighted by molar-refractivity contribution is -0.144. The van der Waals surface area contributed by atoms with Crippen molar-refractivity contribution in [3.8, 4) is 5.75 Å². The number of ketones is 2. The first-order chi connectivity index (χ1) is 16.5. The molecule has 3 aliphatic carbocycles. The zero-order valence-electron chi connectivity index (χ0n) is 19.2. The molecule has 1 aromatic carbocycles. The molecule has 4 atom stereocenters. The van der Waals surface area contributed by atoms with Crippen LogP contribution >= 0.6 is 11.6 Å². The van der Waals surface area contributed by atoms with E-state index in [9.17, 15) is 34.8 Å². The fourth-order valence-electron chi connectivity index (χ4n) is 6.28. The number of nitrogens with two attached hydrogens (primary N) is 1. The van der Waals surface area contributed by atoms with Crippen LogP contribution in [0.3, 0.4) is 0 Å². The number of aliphatic hydroxyl groups excluding tert-OH is 2. The van der Waals surface area contributed by atoms with Gasteiger partial charge in [-0.3, -0.25) is 19.3 Å². The monoisotopic (exact) mass is 502 g/mol. The Morgan fingerprint density at radius 1 is 1.26 bits per heavy atom. The van der Waals surface area contributed by atoms with Gasteiger partial charge in [-0.05, 0) is 62.3 Å². The summed E-state index contributed by atoms with van der Waals surface area (Å²) in [6.07, 6.45) is 2.16. The Hall–Kier alpha value is -2.88. The highest BCUT2D eigenvalue weighted by atomic mass is 35.5. The van der Waals surface area contributed by atoms with Crippen LogP contribution in [0, 0.1) is 11.8 Å². The van der Waals surface area contributed by atoms with E-state index in [-0.39, 0.29) is 36.1 Å². The first kappa shape index (κ1) is 23.8. The molecule has 1 amide bonds. The summed E-state index contributed by atoms with van der Waals surface area (Å²) in [6.45, 7) is 3.57. The van der Waals surface area contributed by atoms with Gasteiger partial charge in [0, 0.05) is 35.5 Å². The fourth-order valence-corrected chi connectivity index (χ4v) is 6.57. The van der Waals surface area contributed by atoms with E-state index in [0.29, 0.717) is 28.7 Å². The van der Waals surface area contributed by atoms with E-state index in [4.69, 9.17) is 17.3 Å². The number of carbonyl (C=O) groups is 3. The molecule has 10 heteroatoms. The number of allylic oxidation sites excluding steroid dienone is 2. The Labute approximate surface area is 206 Å². The van der Waals surface area contributed by atoms with Gasteiger partial charge in [-0.15, -0.1) is 0 Å². The lowest BCUT2D eigenvalue weighted by atomic mass is 9.60. The van der Waals surface area contributed by atoms with Crippen LogP contribution < -0.4 is 5.73 Å². The number of primary amides is 1. The molecule has 1 aromatic rings. The molecule has 0 aromatic heterocycles. The number of carbonyl (C=O) groups excluding carboxylic acids is 3. The standard InChI is InChI=1S/C25H27ClN2O7/c1-10-3-2-4-28(10)9-12-7-15(29)18-14(20(12)26)6-11-5-13-8-16(30)19(24(27)34)23(33)25(13,35)22(32)17(11)21(18)31/h7,10-11,13,29-30,32,35H,2-6,8-9H2,1H3,(H2,27,34)/t10?,11-,13+,25+/m1/s1. The number of phenolic OH excluding ortho intramolecular Hbond substituents is 1. The Kier molecular flexibility index (Phi) is 5.50. The van der Waals surface area contributed by atoms with E-state index in [1.165, 1.54) is 6.07 Å². The molecule has 0 spiro atoms. The second kappa shape index (κ2) is 8.08. The van der Waals surface area contributed by atoms with E-state index in [2.05, 4.69) is 11.8 Å². The molecule has 186 valence electrons. The number of phenols is 1.